The third-order valence-electron chi connectivity index (χ3n) is 5.06. The molecular formula is C21H28BN2O8P. The second-order valence-corrected chi connectivity index (χ2v) is 8.76. The minimum absolute atomic E-state index is 0.0203. The van der Waals surface area contributed by atoms with Crippen LogP contribution in [0.2, 0.25) is 0 Å². The molecule has 6 N–H and O–H groups in total. The van der Waals surface area contributed by atoms with Gasteiger partial charge in [0.05, 0.1) is 18.6 Å². The molecule has 12 heteroatoms. The first-order chi connectivity index (χ1) is 15.5. The van der Waals surface area contributed by atoms with Gasteiger partial charge in [-0.15, -0.1) is 0 Å². The van der Waals surface area contributed by atoms with Crippen LogP contribution in [0.15, 0.2) is 48.5 Å². The van der Waals surface area contributed by atoms with Crippen LogP contribution in [0.3, 0.4) is 0 Å². The first kappa shape index (κ1) is 26.9. The first-order valence-electron chi connectivity index (χ1n) is 10.2. The predicted octanol–water partition coefficient (Wildman–Crippen LogP) is -0.673. The van der Waals surface area contributed by atoms with Crippen molar-refractivity contribution in [3.8, 4) is 5.75 Å². The molecule has 0 amide bonds. The number of benzene rings is 2. The number of ketones is 2. The lowest BCUT2D eigenvalue weighted by molar-refractivity contribution is -0.121. The molecule has 0 heterocycles. The first-order valence-corrected chi connectivity index (χ1v) is 11.7. The van der Waals surface area contributed by atoms with Crippen LogP contribution in [0.25, 0.3) is 0 Å². The van der Waals surface area contributed by atoms with Crippen molar-refractivity contribution >= 4 is 32.0 Å². The van der Waals surface area contributed by atoms with Crippen molar-refractivity contribution in [3.05, 3.63) is 59.7 Å². The van der Waals surface area contributed by atoms with E-state index in [0.717, 1.165) is 11.1 Å². The molecule has 0 bridgehead atoms. The van der Waals surface area contributed by atoms with Crippen LogP contribution in [0, 0.1) is 0 Å². The molecule has 0 saturated heterocycles. The number of hydrogen-bond donors (Lipinski definition) is 6. The Bertz CT molecular complexity index is 979. The number of phosphoric acid groups is 1. The van der Waals surface area contributed by atoms with Crippen molar-refractivity contribution in [2.24, 2.45) is 0 Å². The van der Waals surface area contributed by atoms with Gasteiger partial charge in [-0.2, -0.15) is 0 Å². The van der Waals surface area contributed by atoms with Crippen molar-refractivity contribution in [2.45, 2.75) is 31.8 Å². The standard InChI is InChI=1S/C21H28BN2O8P/c1-14(25)19(11-15-3-7-17(8-4-15)22(27)28)24-13-21(26)20(23-2)12-16-5-9-18(10-6-16)32-33(29,30)31/h3-10,19-20,23-24,27-28H,11-13H2,1-2H3,(H2,29,30,31)/t19-,20-/m0/s1. The van der Waals surface area contributed by atoms with Crippen LogP contribution in [0.5, 0.6) is 5.75 Å². The number of carbonyl (C=O) groups is 2. The van der Waals surface area contributed by atoms with Gasteiger partial charge < -0.3 is 25.2 Å². The number of nitrogens with one attached hydrogen (secondary N) is 2. The zero-order valence-corrected chi connectivity index (χ0v) is 19.2. The summed E-state index contributed by atoms with van der Waals surface area (Å²) in [7, 11) is -4.55. The molecule has 2 rings (SSSR count). The fourth-order valence-electron chi connectivity index (χ4n) is 3.20. The van der Waals surface area contributed by atoms with E-state index in [-0.39, 0.29) is 23.9 Å². The molecule has 2 atom stereocenters. The van der Waals surface area contributed by atoms with Crippen LogP contribution in [-0.4, -0.2) is 64.2 Å². The number of rotatable bonds is 13. The second-order valence-electron chi connectivity index (χ2n) is 7.60. The van der Waals surface area contributed by atoms with Gasteiger partial charge >= 0.3 is 14.9 Å². The van der Waals surface area contributed by atoms with Crippen molar-refractivity contribution < 1.29 is 38.5 Å². The summed E-state index contributed by atoms with van der Waals surface area (Å²) in [5, 5.41) is 24.3. The van der Waals surface area contributed by atoms with Gasteiger partial charge in [-0.1, -0.05) is 36.4 Å². The van der Waals surface area contributed by atoms with E-state index < -0.39 is 27.0 Å². The van der Waals surface area contributed by atoms with Crippen molar-refractivity contribution in [2.75, 3.05) is 13.6 Å². The van der Waals surface area contributed by atoms with Crippen LogP contribution >= 0.6 is 7.82 Å². The van der Waals surface area contributed by atoms with Crippen LogP contribution in [0.1, 0.15) is 18.1 Å². The number of phosphoric ester groups is 1. The molecule has 0 radical (unpaired) electrons. The summed E-state index contributed by atoms with van der Waals surface area (Å²) in [4.78, 5) is 42.5. The summed E-state index contributed by atoms with van der Waals surface area (Å²) in [6, 6.07) is 11.5. The van der Waals surface area contributed by atoms with Crippen LogP contribution in [0.4, 0.5) is 0 Å². The van der Waals surface area contributed by atoms with Gasteiger partial charge in [0.15, 0.2) is 5.78 Å². The van der Waals surface area contributed by atoms with E-state index in [0.29, 0.717) is 18.3 Å². The van der Waals surface area contributed by atoms with Crippen LogP contribution in [-0.2, 0) is 27.0 Å². The van der Waals surface area contributed by atoms with Crippen molar-refractivity contribution in [1.29, 1.82) is 0 Å². The summed E-state index contributed by atoms with van der Waals surface area (Å²) in [5.74, 6) is -0.263. The maximum atomic E-state index is 12.7. The molecule has 2 aromatic carbocycles. The lowest BCUT2D eigenvalue weighted by Gasteiger charge is -2.19. The summed E-state index contributed by atoms with van der Waals surface area (Å²) >= 11 is 0. The monoisotopic (exact) mass is 478 g/mol. The Labute approximate surface area is 192 Å². The topological polar surface area (TPSA) is 165 Å². The Morgan fingerprint density at radius 3 is 1.94 bits per heavy atom. The van der Waals surface area contributed by atoms with Crippen molar-refractivity contribution in [3.63, 3.8) is 0 Å². The minimum atomic E-state index is -4.64. The Balaban J connectivity index is 1.94. The molecule has 0 saturated carbocycles. The zero-order valence-electron chi connectivity index (χ0n) is 18.3. The van der Waals surface area contributed by atoms with E-state index in [1.54, 1.807) is 43.4 Å². The minimum Gasteiger partial charge on any atom is -0.423 e. The highest BCUT2D eigenvalue weighted by Gasteiger charge is 2.21. The Morgan fingerprint density at radius 1 is 0.970 bits per heavy atom. The third-order valence-corrected chi connectivity index (χ3v) is 5.50. The molecule has 0 fully saturated rings. The fourth-order valence-corrected chi connectivity index (χ4v) is 3.60. The van der Waals surface area contributed by atoms with E-state index >= 15 is 0 Å². The Morgan fingerprint density at radius 2 is 1.48 bits per heavy atom. The molecule has 2 aromatic rings. The molecule has 0 aromatic heterocycles. The number of likely N-dealkylation sites (N-methyl/N-ethyl adjacent to an activating group) is 1. The SMILES string of the molecule is CN[C@@H](Cc1ccc(OP(=O)(O)O)cc1)C(=O)CN[C@@H](Cc1ccc(B(O)O)cc1)C(C)=O. The summed E-state index contributed by atoms with van der Waals surface area (Å²) < 4.78 is 15.4. The molecule has 0 aliphatic heterocycles. The van der Waals surface area contributed by atoms with E-state index in [4.69, 9.17) is 9.79 Å². The van der Waals surface area contributed by atoms with Gasteiger partial charge in [0.1, 0.15) is 11.5 Å². The van der Waals surface area contributed by atoms with Gasteiger partial charge in [0, 0.05) is 0 Å². The predicted molar refractivity (Wildman–Crippen MR) is 123 cm³/mol. The smallest absolute Gasteiger partial charge is 0.423 e. The second kappa shape index (κ2) is 12.2. The fraction of sp³-hybridized carbons (Fsp3) is 0.333. The summed E-state index contributed by atoms with van der Waals surface area (Å²) in [5.41, 5.74) is 1.91. The highest BCUT2D eigenvalue weighted by molar-refractivity contribution is 7.46. The van der Waals surface area contributed by atoms with Crippen molar-refractivity contribution in [1.82, 2.24) is 10.6 Å². The quantitative estimate of drug-likeness (QED) is 0.161. The van der Waals surface area contributed by atoms with Gasteiger partial charge in [-0.05, 0) is 55.5 Å². The van der Waals surface area contributed by atoms with Gasteiger partial charge in [-0.25, -0.2) is 4.57 Å². The molecule has 0 spiro atoms. The maximum Gasteiger partial charge on any atom is 0.524 e. The highest BCUT2D eigenvalue weighted by Crippen LogP contribution is 2.37. The lowest BCUT2D eigenvalue weighted by atomic mass is 9.80. The third kappa shape index (κ3) is 9.19. The average molecular weight is 478 g/mol. The Hall–Kier alpha value is -2.37. The molecule has 0 aliphatic rings. The molecule has 0 aliphatic carbocycles. The van der Waals surface area contributed by atoms with Gasteiger partial charge in [-0.3, -0.25) is 19.4 Å². The Kier molecular flexibility index (Phi) is 9.94. The summed E-state index contributed by atoms with van der Waals surface area (Å²) in [6.07, 6.45) is 0.679. The molecule has 178 valence electrons. The maximum absolute atomic E-state index is 12.7. The number of hydrogen-bond acceptors (Lipinski definition) is 8. The zero-order chi connectivity index (χ0) is 24.6. The van der Waals surface area contributed by atoms with Gasteiger partial charge in [0.2, 0.25) is 0 Å². The normalized spacial score (nSPS) is 13.3. The summed E-state index contributed by atoms with van der Waals surface area (Å²) in [6.45, 7) is 1.40. The van der Waals surface area contributed by atoms with E-state index in [2.05, 4.69) is 15.2 Å². The van der Waals surface area contributed by atoms with Crippen LogP contribution < -0.4 is 20.6 Å². The number of Topliss-reactive ketones (excluding diaryl/α,β-unsaturated/α-hetero) is 2. The number of carbonyl (C=O) groups excluding carboxylic acids is 2. The largest absolute Gasteiger partial charge is 0.524 e. The molecule has 33 heavy (non-hydrogen) atoms. The van der Waals surface area contributed by atoms with E-state index in [1.165, 1.54) is 19.1 Å². The van der Waals surface area contributed by atoms with E-state index in [1.807, 2.05) is 0 Å². The molecule has 10 nitrogen and oxygen atoms in total. The van der Waals surface area contributed by atoms with Gasteiger partial charge in [0.25, 0.3) is 0 Å². The highest BCUT2D eigenvalue weighted by atomic mass is 31.2. The average Bonchev–Trinajstić information content (AvgIpc) is 2.74. The van der Waals surface area contributed by atoms with E-state index in [9.17, 15) is 24.2 Å². The molecular weight excluding hydrogens is 450 g/mol. The molecule has 0 unspecified atom stereocenters. The lowest BCUT2D eigenvalue weighted by Crippen LogP contribution is -2.46.